The number of non-ortho nitro benzene ring substituents is 1. The van der Waals surface area contributed by atoms with E-state index in [1.165, 1.54) is 12.1 Å². The summed E-state index contributed by atoms with van der Waals surface area (Å²) >= 11 is 0. The Labute approximate surface area is 185 Å². The standard InChI is InChI=1S/C24H22N2O6/c1-30-19-9-7-15(8-10-19)24-20-14-22(32-3)21(31-2)11-16(20)12-23(27)25(24)17-5-4-6-18(13-17)26(28)29/h4-11,13-14,24H,12H2,1-3H3/t24-/m1/s1. The number of carbonyl (C=O) groups excluding carboxylic acids is 1. The molecular weight excluding hydrogens is 412 g/mol. The number of fused-ring (bicyclic) bond motifs is 1. The Morgan fingerprint density at radius 1 is 0.938 bits per heavy atom. The van der Waals surface area contributed by atoms with Crippen molar-refractivity contribution in [1.29, 1.82) is 0 Å². The Bertz CT molecular complexity index is 1180. The highest BCUT2D eigenvalue weighted by atomic mass is 16.6. The van der Waals surface area contributed by atoms with Crippen molar-refractivity contribution in [2.75, 3.05) is 26.2 Å². The van der Waals surface area contributed by atoms with Crippen molar-refractivity contribution in [3.05, 3.63) is 87.5 Å². The molecule has 8 nitrogen and oxygen atoms in total. The number of benzene rings is 3. The van der Waals surface area contributed by atoms with Gasteiger partial charge in [-0.25, -0.2) is 0 Å². The van der Waals surface area contributed by atoms with Crippen LogP contribution in [0.2, 0.25) is 0 Å². The second-order valence-corrected chi connectivity index (χ2v) is 7.30. The van der Waals surface area contributed by atoms with Gasteiger partial charge in [0.2, 0.25) is 5.91 Å². The second kappa shape index (κ2) is 8.58. The fraction of sp³-hybridized carbons (Fsp3) is 0.208. The highest BCUT2D eigenvalue weighted by Crippen LogP contribution is 2.43. The lowest BCUT2D eigenvalue weighted by molar-refractivity contribution is -0.384. The van der Waals surface area contributed by atoms with Crippen LogP contribution in [0.1, 0.15) is 22.7 Å². The van der Waals surface area contributed by atoms with Crippen LogP contribution in [0.4, 0.5) is 11.4 Å². The molecule has 1 heterocycles. The fourth-order valence-corrected chi connectivity index (χ4v) is 4.04. The lowest BCUT2D eigenvalue weighted by Crippen LogP contribution is -2.41. The van der Waals surface area contributed by atoms with Gasteiger partial charge in [0.25, 0.3) is 5.69 Å². The number of amides is 1. The van der Waals surface area contributed by atoms with E-state index < -0.39 is 11.0 Å². The van der Waals surface area contributed by atoms with Crippen molar-refractivity contribution < 1.29 is 23.9 Å². The molecule has 0 saturated carbocycles. The topological polar surface area (TPSA) is 91.1 Å². The van der Waals surface area contributed by atoms with E-state index in [4.69, 9.17) is 14.2 Å². The van der Waals surface area contributed by atoms with E-state index in [-0.39, 0.29) is 18.0 Å². The van der Waals surface area contributed by atoms with Gasteiger partial charge in [0, 0.05) is 12.1 Å². The molecule has 4 rings (SSSR count). The van der Waals surface area contributed by atoms with Gasteiger partial charge in [-0.05, 0) is 47.0 Å². The molecule has 1 amide bonds. The second-order valence-electron chi connectivity index (χ2n) is 7.30. The average Bonchev–Trinajstić information content (AvgIpc) is 2.82. The summed E-state index contributed by atoms with van der Waals surface area (Å²) in [6.07, 6.45) is 0.130. The number of nitrogens with zero attached hydrogens (tertiary/aromatic N) is 2. The minimum Gasteiger partial charge on any atom is -0.497 e. The van der Waals surface area contributed by atoms with Crippen LogP contribution in [-0.4, -0.2) is 32.2 Å². The number of hydrogen-bond acceptors (Lipinski definition) is 6. The van der Waals surface area contributed by atoms with Gasteiger partial charge in [-0.3, -0.25) is 14.9 Å². The maximum atomic E-state index is 13.4. The van der Waals surface area contributed by atoms with E-state index in [1.54, 1.807) is 38.4 Å². The third-order valence-corrected chi connectivity index (χ3v) is 5.56. The molecule has 0 radical (unpaired) electrons. The molecule has 1 aliphatic rings. The molecule has 0 unspecified atom stereocenters. The van der Waals surface area contributed by atoms with Crippen LogP contribution in [0.15, 0.2) is 60.7 Å². The molecule has 1 aliphatic heterocycles. The van der Waals surface area contributed by atoms with E-state index in [2.05, 4.69) is 0 Å². The van der Waals surface area contributed by atoms with Crippen LogP contribution in [-0.2, 0) is 11.2 Å². The molecule has 8 heteroatoms. The van der Waals surface area contributed by atoms with E-state index in [1.807, 2.05) is 36.4 Å². The van der Waals surface area contributed by atoms with Crippen molar-refractivity contribution in [3.8, 4) is 17.2 Å². The third kappa shape index (κ3) is 3.71. The summed E-state index contributed by atoms with van der Waals surface area (Å²) < 4.78 is 16.2. The maximum absolute atomic E-state index is 13.4. The minimum atomic E-state index is -0.515. The minimum absolute atomic E-state index is 0.0816. The van der Waals surface area contributed by atoms with E-state index in [0.717, 1.165) is 16.7 Å². The van der Waals surface area contributed by atoms with E-state index in [9.17, 15) is 14.9 Å². The largest absolute Gasteiger partial charge is 0.497 e. The number of nitro groups is 1. The lowest BCUT2D eigenvalue weighted by Gasteiger charge is -2.38. The number of anilines is 1. The first-order valence-corrected chi connectivity index (χ1v) is 9.92. The van der Waals surface area contributed by atoms with Crippen molar-refractivity contribution in [2.45, 2.75) is 12.5 Å². The summed E-state index contributed by atoms with van der Waals surface area (Å²) in [6.45, 7) is 0. The summed E-state index contributed by atoms with van der Waals surface area (Å²) in [5, 5.41) is 11.3. The summed E-state index contributed by atoms with van der Waals surface area (Å²) in [4.78, 5) is 25.8. The quantitative estimate of drug-likeness (QED) is 0.424. The number of rotatable bonds is 6. The number of carbonyl (C=O) groups is 1. The normalized spacial score (nSPS) is 15.2. The molecular formula is C24H22N2O6. The molecule has 3 aromatic rings. The molecule has 0 bridgehead atoms. The van der Waals surface area contributed by atoms with Gasteiger partial charge in [0.05, 0.1) is 44.4 Å². The SMILES string of the molecule is COc1ccc([C@@H]2c3cc(OC)c(OC)cc3CC(=O)N2c2cccc([N+](=O)[O-])c2)cc1. The third-order valence-electron chi connectivity index (χ3n) is 5.56. The maximum Gasteiger partial charge on any atom is 0.271 e. The smallest absolute Gasteiger partial charge is 0.271 e. The summed E-state index contributed by atoms with van der Waals surface area (Å²) in [7, 11) is 4.69. The zero-order valence-corrected chi connectivity index (χ0v) is 17.9. The van der Waals surface area contributed by atoms with Gasteiger partial charge in [-0.15, -0.1) is 0 Å². The highest BCUT2D eigenvalue weighted by Gasteiger charge is 2.36. The Morgan fingerprint density at radius 3 is 2.25 bits per heavy atom. The molecule has 32 heavy (non-hydrogen) atoms. The van der Waals surface area contributed by atoms with Crippen LogP contribution in [0.3, 0.4) is 0 Å². The summed E-state index contributed by atoms with van der Waals surface area (Å²) in [5.41, 5.74) is 2.88. The fourth-order valence-electron chi connectivity index (χ4n) is 4.04. The summed E-state index contributed by atoms with van der Waals surface area (Å²) in [5.74, 6) is 1.59. The van der Waals surface area contributed by atoms with Crippen molar-refractivity contribution in [2.24, 2.45) is 0 Å². The Morgan fingerprint density at radius 2 is 1.62 bits per heavy atom. The molecule has 0 aromatic heterocycles. The molecule has 0 spiro atoms. The predicted molar refractivity (Wildman–Crippen MR) is 119 cm³/mol. The Balaban J connectivity index is 1.93. The molecule has 0 fully saturated rings. The highest BCUT2D eigenvalue weighted by molar-refractivity contribution is 5.98. The molecule has 164 valence electrons. The van der Waals surface area contributed by atoms with E-state index >= 15 is 0 Å². The first-order chi connectivity index (χ1) is 15.5. The molecule has 0 N–H and O–H groups in total. The Hall–Kier alpha value is -4.07. The first kappa shape index (κ1) is 21.2. The van der Waals surface area contributed by atoms with Crippen LogP contribution < -0.4 is 19.1 Å². The average molecular weight is 434 g/mol. The van der Waals surface area contributed by atoms with Crippen LogP contribution in [0.5, 0.6) is 17.2 Å². The van der Waals surface area contributed by atoms with Crippen LogP contribution >= 0.6 is 0 Å². The molecule has 0 saturated heterocycles. The van der Waals surface area contributed by atoms with Crippen molar-refractivity contribution in [3.63, 3.8) is 0 Å². The zero-order valence-electron chi connectivity index (χ0n) is 17.9. The number of ether oxygens (including phenoxy) is 3. The monoisotopic (exact) mass is 434 g/mol. The Kier molecular flexibility index (Phi) is 5.68. The van der Waals surface area contributed by atoms with Gasteiger partial charge in [0.15, 0.2) is 11.5 Å². The van der Waals surface area contributed by atoms with Gasteiger partial charge >= 0.3 is 0 Å². The van der Waals surface area contributed by atoms with Crippen LogP contribution in [0, 0.1) is 10.1 Å². The predicted octanol–water partition coefficient (Wildman–Crippen LogP) is 4.30. The first-order valence-electron chi connectivity index (χ1n) is 9.92. The molecule has 1 atom stereocenters. The zero-order chi connectivity index (χ0) is 22.8. The van der Waals surface area contributed by atoms with E-state index in [0.29, 0.717) is 22.9 Å². The van der Waals surface area contributed by atoms with Gasteiger partial charge in [-0.1, -0.05) is 18.2 Å². The van der Waals surface area contributed by atoms with Crippen LogP contribution in [0.25, 0.3) is 0 Å². The van der Waals surface area contributed by atoms with Gasteiger partial charge < -0.3 is 19.1 Å². The molecule has 0 aliphatic carbocycles. The lowest BCUT2D eigenvalue weighted by atomic mass is 9.86. The number of nitro benzene ring substituents is 1. The van der Waals surface area contributed by atoms with Crippen molar-refractivity contribution >= 4 is 17.3 Å². The number of methoxy groups -OCH3 is 3. The van der Waals surface area contributed by atoms with Gasteiger partial charge in [-0.2, -0.15) is 0 Å². The van der Waals surface area contributed by atoms with Gasteiger partial charge in [0.1, 0.15) is 5.75 Å². The number of hydrogen-bond donors (Lipinski definition) is 0. The van der Waals surface area contributed by atoms with Crippen molar-refractivity contribution in [1.82, 2.24) is 0 Å². The summed E-state index contributed by atoms with van der Waals surface area (Å²) in [6, 6.07) is 16.7. The molecule has 3 aromatic carbocycles.